The highest BCUT2D eigenvalue weighted by molar-refractivity contribution is 7.89. The predicted molar refractivity (Wildman–Crippen MR) is 85.3 cm³/mol. The molecule has 0 aromatic heterocycles. The first-order valence-corrected chi connectivity index (χ1v) is 8.77. The summed E-state index contributed by atoms with van der Waals surface area (Å²) in [6.45, 7) is 7.34. The summed E-state index contributed by atoms with van der Waals surface area (Å²) < 4.78 is 32.1. The van der Waals surface area contributed by atoms with Crippen molar-refractivity contribution < 1.29 is 17.9 Å². The van der Waals surface area contributed by atoms with Gasteiger partial charge in [-0.05, 0) is 51.5 Å². The minimum absolute atomic E-state index is 0.0512. The first-order valence-electron chi connectivity index (χ1n) is 7.29. The summed E-state index contributed by atoms with van der Waals surface area (Å²) >= 11 is 0. The summed E-state index contributed by atoms with van der Waals surface area (Å²) in [5.41, 5.74) is 0. The third-order valence-electron chi connectivity index (χ3n) is 2.92. The zero-order valence-electron chi connectivity index (χ0n) is 13.4. The Hall–Kier alpha value is -1.60. The van der Waals surface area contributed by atoms with Crippen LogP contribution in [0.3, 0.4) is 0 Å². The summed E-state index contributed by atoms with van der Waals surface area (Å²) in [7, 11) is -3.52. The third-order valence-corrected chi connectivity index (χ3v) is 4.53. The minimum Gasteiger partial charge on any atom is -0.484 e. The number of benzene rings is 1. The molecule has 0 saturated heterocycles. The molecule has 0 unspecified atom stereocenters. The number of amides is 1. The van der Waals surface area contributed by atoms with E-state index in [0.717, 1.165) is 0 Å². The van der Waals surface area contributed by atoms with Crippen LogP contribution in [-0.4, -0.2) is 33.0 Å². The second kappa shape index (κ2) is 8.14. The summed E-state index contributed by atoms with van der Waals surface area (Å²) in [4.78, 5) is 11.6. The molecular formula is C15H24N2O4S. The Bertz CT molecular complexity index is 582. The molecule has 0 aliphatic carbocycles. The highest BCUT2D eigenvalue weighted by Gasteiger charge is 2.16. The smallest absolute Gasteiger partial charge is 0.258 e. The maximum absolute atomic E-state index is 12.1. The Balaban J connectivity index is 2.65. The lowest BCUT2D eigenvalue weighted by molar-refractivity contribution is -0.123. The highest BCUT2D eigenvalue weighted by Crippen LogP contribution is 2.16. The quantitative estimate of drug-likeness (QED) is 0.760. The zero-order chi connectivity index (χ0) is 16.8. The maximum Gasteiger partial charge on any atom is 0.258 e. The van der Waals surface area contributed by atoms with Crippen LogP contribution in [0.1, 0.15) is 34.1 Å². The van der Waals surface area contributed by atoms with Crippen LogP contribution in [0.15, 0.2) is 29.2 Å². The molecular weight excluding hydrogens is 304 g/mol. The normalized spacial score (nSPS) is 13.0. The van der Waals surface area contributed by atoms with Gasteiger partial charge < -0.3 is 10.1 Å². The number of sulfonamides is 1. The van der Waals surface area contributed by atoms with Crippen molar-refractivity contribution in [3.63, 3.8) is 0 Å². The van der Waals surface area contributed by atoms with Crippen molar-refractivity contribution in [2.45, 2.75) is 51.1 Å². The molecule has 0 bridgehead atoms. The van der Waals surface area contributed by atoms with Gasteiger partial charge in [0, 0.05) is 12.1 Å². The van der Waals surface area contributed by atoms with Crippen molar-refractivity contribution in [2.75, 3.05) is 6.61 Å². The monoisotopic (exact) mass is 328 g/mol. The molecule has 0 radical (unpaired) electrons. The van der Waals surface area contributed by atoms with Gasteiger partial charge in [0.2, 0.25) is 10.0 Å². The maximum atomic E-state index is 12.1. The van der Waals surface area contributed by atoms with E-state index < -0.39 is 10.0 Å². The third kappa shape index (κ3) is 6.03. The van der Waals surface area contributed by atoms with Crippen molar-refractivity contribution in [1.82, 2.24) is 10.0 Å². The van der Waals surface area contributed by atoms with E-state index >= 15 is 0 Å². The Morgan fingerprint density at radius 3 is 2.27 bits per heavy atom. The van der Waals surface area contributed by atoms with Crippen LogP contribution in [0.2, 0.25) is 0 Å². The lowest BCUT2D eigenvalue weighted by Crippen LogP contribution is -2.34. The van der Waals surface area contributed by atoms with E-state index in [2.05, 4.69) is 10.0 Å². The number of carbonyl (C=O) groups is 1. The fourth-order valence-electron chi connectivity index (χ4n) is 1.64. The second-order valence-corrected chi connectivity index (χ2v) is 7.13. The van der Waals surface area contributed by atoms with Crippen molar-refractivity contribution in [2.24, 2.45) is 0 Å². The molecule has 0 aliphatic heterocycles. The first-order chi connectivity index (χ1) is 10.2. The van der Waals surface area contributed by atoms with Gasteiger partial charge in [0.1, 0.15) is 5.75 Å². The van der Waals surface area contributed by atoms with Crippen molar-refractivity contribution in [1.29, 1.82) is 0 Å². The number of rotatable bonds is 8. The largest absolute Gasteiger partial charge is 0.484 e. The fraction of sp³-hybridized carbons (Fsp3) is 0.533. The van der Waals surface area contributed by atoms with Crippen molar-refractivity contribution in [3.05, 3.63) is 24.3 Å². The zero-order valence-corrected chi connectivity index (χ0v) is 14.2. The Morgan fingerprint density at radius 2 is 1.77 bits per heavy atom. The second-order valence-electron chi connectivity index (χ2n) is 5.41. The standard InChI is InChI=1S/C15H24N2O4S/c1-5-12(4)17-22(19,20)14-8-6-13(7-9-14)21-10-15(18)16-11(2)3/h6-9,11-12,17H,5,10H2,1-4H3,(H,16,18)/t12-/m1/s1. The van der Waals surface area contributed by atoms with Gasteiger partial charge in [0.25, 0.3) is 5.91 Å². The predicted octanol–water partition coefficient (Wildman–Crippen LogP) is 1.67. The lowest BCUT2D eigenvalue weighted by atomic mass is 10.3. The van der Waals surface area contributed by atoms with E-state index in [1.807, 2.05) is 27.7 Å². The van der Waals surface area contributed by atoms with Gasteiger partial charge in [-0.1, -0.05) is 6.92 Å². The van der Waals surface area contributed by atoms with E-state index in [0.29, 0.717) is 12.2 Å². The number of hydrogen-bond acceptors (Lipinski definition) is 4. The highest BCUT2D eigenvalue weighted by atomic mass is 32.2. The van der Waals surface area contributed by atoms with Crippen LogP contribution in [0, 0.1) is 0 Å². The Labute approximate surface area is 132 Å². The van der Waals surface area contributed by atoms with Crippen LogP contribution in [0.5, 0.6) is 5.75 Å². The number of nitrogens with one attached hydrogen (secondary N) is 2. The molecule has 6 nitrogen and oxygen atoms in total. The summed E-state index contributed by atoms with van der Waals surface area (Å²) in [6, 6.07) is 5.92. The lowest BCUT2D eigenvalue weighted by Gasteiger charge is -2.13. The molecule has 22 heavy (non-hydrogen) atoms. The molecule has 0 heterocycles. The Morgan fingerprint density at radius 1 is 1.18 bits per heavy atom. The van der Waals surface area contributed by atoms with E-state index in [4.69, 9.17) is 4.74 Å². The Kier molecular flexibility index (Phi) is 6.83. The number of ether oxygens (including phenoxy) is 1. The van der Waals surface area contributed by atoms with E-state index in [1.165, 1.54) is 24.3 Å². The molecule has 0 spiro atoms. The summed E-state index contributed by atoms with van der Waals surface area (Å²) in [6.07, 6.45) is 0.714. The van der Waals surface area contributed by atoms with Gasteiger partial charge >= 0.3 is 0 Å². The average Bonchev–Trinajstić information content (AvgIpc) is 2.44. The van der Waals surface area contributed by atoms with Gasteiger partial charge in [0.05, 0.1) is 4.90 Å². The molecule has 1 rings (SSSR count). The van der Waals surface area contributed by atoms with Gasteiger partial charge in [-0.25, -0.2) is 13.1 Å². The van der Waals surface area contributed by atoms with Gasteiger partial charge in [-0.3, -0.25) is 4.79 Å². The molecule has 1 amide bonds. The molecule has 1 aromatic rings. The molecule has 0 fully saturated rings. The topological polar surface area (TPSA) is 84.5 Å². The van der Waals surface area contributed by atoms with Crippen LogP contribution in [-0.2, 0) is 14.8 Å². The van der Waals surface area contributed by atoms with Crippen LogP contribution < -0.4 is 14.8 Å². The van der Waals surface area contributed by atoms with E-state index in [9.17, 15) is 13.2 Å². The molecule has 1 aromatic carbocycles. The summed E-state index contributed by atoms with van der Waals surface area (Å²) in [5, 5.41) is 2.71. The van der Waals surface area contributed by atoms with Crippen LogP contribution >= 0.6 is 0 Å². The molecule has 0 saturated carbocycles. The molecule has 1 atom stereocenters. The molecule has 2 N–H and O–H groups in total. The molecule has 0 aliphatic rings. The van der Waals surface area contributed by atoms with E-state index in [1.54, 1.807) is 0 Å². The first kappa shape index (κ1) is 18.4. The van der Waals surface area contributed by atoms with Crippen molar-refractivity contribution >= 4 is 15.9 Å². The number of carbonyl (C=O) groups excluding carboxylic acids is 1. The van der Waals surface area contributed by atoms with Crippen LogP contribution in [0.4, 0.5) is 0 Å². The summed E-state index contributed by atoms with van der Waals surface area (Å²) in [5.74, 6) is 0.228. The SMILES string of the molecule is CC[C@@H](C)NS(=O)(=O)c1ccc(OCC(=O)NC(C)C)cc1. The van der Waals surface area contributed by atoms with Gasteiger partial charge in [-0.2, -0.15) is 0 Å². The van der Waals surface area contributed by atoms with Gasteiger partial charge in [0.15, 0.2) is 6.61 Å². The average molecular weight is 328 g/mol. The van der Waals surface area contributed by atoms with Crippen molar-refractivity contribution in [3.8, 4) is 5.75 Å². The van der Waals surface area contributed by atoms with E-state index in [-0.39, 0.29) is 29.5 Å². The molecule has 7 heteroatoms. The van der Waals surface area contributed by atoms with Gasteiger partial charge in [-0.15, -0.1) is 0 Å². The number of hydrogen-bond donors (Lipinski definition) is 2. The molecule has 124 valence electrons. The van der Waals surface area contributed by atoms with Crippen LogP contribution in [0.25, 0.3) is 0 Å². The minimum atomic E-state index is -3.52. The fourth-order valence-corrected chi connectivity index (χ4v) is 2.97.